The van der Waals surface area contributed by atoms with Gasteiger partial charge in [-0.15, -0.1) is 0 Å². The zero-order valence-electron chi connectivity index (χ0n) is 18.8. The molecule has 0 saturated heterocycles. The molecule has 0 fully saturated rings. The van der Waals surface area contributed by atoms with Crippen molar-refractivity contribution in [3.63, 3.8) is 0 Å². The number of rotatable bonds is 9. The Balaban J connectivity index is 1.31. The van der Waals surface area contributed by atoms with Gasteiger partial charge in [0, 0.05) is 23.6 Å². The molecule has 0 atom stereocenters. The van der Waals surface area contributed by atoms with Crippen molar-refractivity contribution >= 4 is 34.7 Å². The van der Waals surface area contributed by atoms with Gasteiger partial charge in [-0.3, -0.25) is 4.79 Å². The van der Waals surface area contributed by atoms with Crippen LogP contribution in [0.2, 0.25) is 0 Å². The average molecular weight is 457 g/mol. The first kappa shape index (κ1) is 22.5. The molecule has 0 spiro atoms. The summed E-state index contributed by atoms with van der Waals surface area (Å²) in [6.45, 7) is 1.87. The molecule has 34 heavy (non-hydrogen) atoms. The third kappa shape index (κ3) is 6.19. The molecule has 0 saturated carbocycles. The molecule has 172 valence electrons. The van der Waals surface area contributed by atoms with E-state index in [4.69, 9.17) is 9.47 Å². The highest BCUT2D eigenvalue weighted by atomic mass is 16.5. The number of ether oxygens (including phenoxy) is 2. The molecule has 4 aromatic rings. The number of amides is 1. The Bertz CT molecular complexity index is 1260. The van der Waals surface area contributed by atoms with Crippen LogP contribution in [0.4, 0.5) is 28.8 Å². The summed E-state index contributed by atoms with van der Waals surface area (Å²) in [5, 5.41) is 9.19. The number of hydrogen-bond acceptors (Lipinski definition) is 8. The number of anilines is 5. The Labute approximate surface area is 197 Å². The number of pyridine rings is 1. The van der Waals surface area contributed by atoms with Crippen molar-refractivity contribution in [2.45, 2.75) is 6.92 Å². The smallest absolute Gasteiger partial charge is 0.262 e. The summed E-state index contributed by atoms with van der Waals surface area (Å²) in [5.41, 5.74) is 2.56. The first-order valence-electron chi connectivity index (χ1n) is 10.5. The summed E-state index contributed by atoms with van der Waals surface area (Å²) in [4.78, 5) is 25.0. The van der Waals surface area contributed by atoms with Gasteiger partial charge in [0.25, 0.3) is 5.91 Å². The van der Waals surface area contributed by atoms with Crippen LogP contribution in [0.5, 0.6) is 11.5 Å². The lowest BCUT2D eigenvalue weighted by atomic mass is 10.2. The summed E-state index contributed by atoms with van der Waals surface area (Å²) in [7, 11) is 1.55. The molecular weight excluding hydrogens is 432 g/mol. The summed E-state index contributed by atoms with van der Waals surface area (Å²) < 4.78 is 10.8. The van der Waals surface area contributed by atoms with Gasteiger partial charge in [0.2, 0.25) is 0 Å². The highest BCUT2D eigenvalue weighted by molar-refractivity contribution is 5.92. The Morgan fingerprint density at radius 2 is 1.50 bits per heavy atom. The van der Waals surface area contributed by atoms with Crippen LogP contribution in [0.1, 0.15) is 5.56 Å². The number of para-hydroxylation sites is 2. The molecular formula is C25H24N6O3. The van der Waals surface area contributed by atoms with Gasteiger partial charge in [-0.1, -0.05) is 12.1 Å². The molecule has 3 N–H and O–H groups in total. The maximum atomic E-state index is 12.2. The minimum absolute atomic E-state index is 0.132. The maximum absolute atomic E-state index is 12.2. The van der Waals surface area contributed by atoms with Gasteiger partial charge >= 0.3 is 0 Å². The molecule has 0 bridgehead atoms. The molecule has 9 heteroatoms. The average Bonchev–Trinajstić information content (AvgIpc) is 2.84. The van der Waals surface area contributed by atoms with Crippen molar-refractivity contribution in [3.05, 3.63) is 84.8 Å². The summed E-state index contributed by atoms with van der Waals surface area (Å²) in [6, 6.07) is 20.1. The minimum atomic E-state index is -0.275. The van der Waals surface area contributed by atoms with E-state index < -0.39 is 0 Å². The third-order valence-electron chi connectivity index (χ3n) is 4.71. The predicted octanol–water partition coefficient (Wildman–Crippen LogP) is 4.69. The van der Waals surface area contributed by atoms with E-state index in [2.05, 4.69) is 30.9 Å². The number of carbonyl (C=O) groups is 1. The lowest BCUT2D eigenvalue weighted by Crippen LogP contribution is -2.20. The summed E-state index contributed by atoms with van der Waals surface area (Å²) >= 11 is 0. The van der Waals surface area contributed by atoms with Gasteiger partial charge in [-0.05, 0) is 61.0 Å². The molecule has 9 nitrogen and oxygen atoms in total. The third-order valence-corrected chi connectivity index (χ3v) is 4.71. The monoisotopic (exact) mass is 456 g/mol. The Morgan fingerprint density at radius 1 is 0.824 bits per heavy atom. The highest BCUT2D eigenvalue weighted by Gasteiger charge is 2.08. The molecule has 0 aliphatic carbocycles. The normalized spacial score (nSPS) is 10.3. The lowest BCUT2D eigenvalue weighted by Gasteiger charge is -2.11. The lowest BCUT2D eigenvalue weighted by molar-refractivity contribution is -0.118. The predicted molar refractivity (Wildman–Crippen MR) is 131 cm³/mol. The van der Waals surface area contributed by atoms with Gasteiger partial charge in [-0.2, -0.15) is 0 Å². The fourth-order valence-electron chi connectivity index (χ4n) is 3.09. The standard InChI is InChI=1S/C25H24N6O3/c1-17-11-12-26-22(13-17)31-24-14-23(27-16-28-24)29-18-7-9-19(10-8-18)30-25(32)15-34-21-6-4-3-5-20(21)33-2/h3-14,16H,15H2,1-2H3,(H,30,32)(H2,26,27,28,29,31). The molecule has 0 aliphatic rings. The van der Waals surface area contributed by atoms with Crippen LogP contribution in [-0.4, -0.2) is 34.6 Å². The van der Waals surface area contributed by atoms with Crippen molar-refractivity contribution in [1.82, 2.24) is 15.0 Å². The van der Waals surface area contributed by atoms with E-state index in [-0.39, 0.29) is 12.5 Å². The zero-order valence-corrected chi connectivity index (χ0v) is 18.8. The van der Waals surface area contributed by atoms with E-state index in [0.717, 1.165) is 11.3 Å². The van der Waals surface area contributed by atoms with Crippen molar-refractivity contribution in [2.75, 3.05) is 29.7 Å². The maximum Gasteiger partial charge on any atom is 0.262 e. The fraction of sp³-hybridized carbons (Fsp3) is 0.120. The van der Waals surface area contributed by atoms with Crippen LogP contribution in [-0.2, 0) is 4.79 Å². The van der Waals surface area contributed by atoms with Crippen LogP contribution in [0.25, 0.3) is 0 Å². The van der Waals surface area contributed by atoms with Crippen molar-refractivity contribution < 1.29 is 14.3 Å². The number of methoxy groups -OCH3 is 1. The molecule has 0 aliphatic heterocycles. The molecule has 4 rings (SSSR count). The molecule has 0 radical (unpaired) electrons. The topological polar surface area (TPSA) is 110 Å². The quantitative estimate of drug-likeness (QED) is 0.333. The number of aromatic nitrogens is 3. The first-order valence-corrected chi connectivity index (χ1v) is 10.5. The Morgan fingerprint density at radius 3 is 2.24 bits per heavy atom. The van der Waals surface area contributed by atoms with Crippen LogP contribution in [0.15, 0.2) is 79.3 Å². The zero-order chi connectivity index (χ0) is 23.8. The van der Waals surface area contributed by atoms with E-state index >= 15 is 0 Å². The second-order valence-electron chi connectivity index (χ2n) is 7.32. The Hall–Kier alpha value is -4.66. The van der Waals surface area contributed by atoms with Crippen molar-refractivity contribution in [2.24, 2.45) is 0 Å². The van der Waals surface area contributed by atoms with Crippen molar-refractivity contribution in [1.29, 1.82) is 0 Å². The van der Waals surface area contributed by atoms with E-state index in [0.29, 0.717) is 34.6 Å². The van der Waals surface area contributed by atoms with Gasteiger partial charge in [0.15, 0.2) is 18.1 Å². The number of carbonyl (C=O) groups excluding carboxylic acids is 1. The second kappa shape index (κ2) is 10.8. The summed E-state index contributed by atoms with van der Waals surface area (Å²) in [6.07, 6.45) is 3.21. The number of benzene rings is 2. The van der Waals surface area contributed by atoms with Crippen LogP contribution >= 0.6 is 0 Å². The number of hydrogen-bond donors (Lipinski definition) is 3. The second-order valence-corrected chi connectivity index (χ2v) is 7.32. The largest absolute Gasteiger partial charge is 0.493 e. The van der Waals surface area contributed by atoms with E-state index in [1.165, 1.54) is 6.33 Å². The van der Waals surface area contributed by atoms with Gasteiger partial charge in [0.1, 0.15) is 23.8 Å². The molecule has 2 aromatic carbocycles. The molecule has 1 amide bonds. The van der Waals surface area contributed by atoms with Gasteiger partial charge in [-0.25, -0.2) is 15.0 Å². The van der Waals surface area contributed by atoms with Gasteiger partial charge in [0.05, 0.1) is 7.11 Å². The summed E-state index contributed by atoms with van der Waals surface area (Å²) in [5.74, 6) is 2.75. The first-order chi connectivity index (χ1) is 16.6. The van der Waals surface area contributed by atoms with Crippen LogP contribution in [0, 0.1) is 6.92 Å². The highest BCUT2D eigenvalue weighted by Crippen LogP contribution is 2.26. The van der Waals surface area contributed by atoms with Crippen LogP contribution < -0.4 is 25.4 Å². The van der Waals surface area contributed by atoms with Crippen molar-refractivity contribution in [3.8, 4) is 11.5 Å². The molecule has 2 heterocycles. The van der Waals surface area contributed by atoms with Crippen LogP contribution in [0.3, 0.4) is 0 Å². The van der Waals surface area contributed by atoms with E-state index in [1.54, 1.807) is 43.6 Å². The Kier molecular flexibility index (Phi) is 7.14. The minimum Gasteiger partial charge on any atom is -0.493 e. The van der Waals surface area contributed by atoms with E-state index in [9.17, 15) is 4.79 Å². The molecule has 2 aromatic heterocycles. The van der Waals surface area contributed by atoms with E-state index in [1.807, 2.05) is 43.3 Å². The number of nitrogens with one attached hydrogen (secondary N) is 3. The molecule has 0 unspecified atom stereocenters. The number of nitrogens with zero attached hydrogens (tertiary/aromatic N) is 3. The van der Waals surface area contributed by atoms with Gasteiger partial charge < -0.3 is 25.4 Å². The fourth-order valence-corrected chi connectivity index (χ4v) is 3.09. The SMILES string of the molecule is COc1ccccc1OCC(=O)Nc1ccc(Nc2cc(Nc3cc(C)ccn3)ncn2)cc1. The number of aryl methyl sites for hydroxylation is 1.